The summed E-state index contributed by atoms with van der Waals surface area (Å²) in [4.78, 5) is 14.0. The van der Waals surface area contributed by atoms with Crippen molar-refractivity contribution in [3.8, 4) is 5.75 Å². The number of nitrogens with zero attached hydrogens (tertiary/aromatic N) is 1. The molecule has 2 heterocycles. The molecule has 2 atom stereocenters. The Kier molecular flexibility index (Phi) is 4.62. The summed E-state index contributed by atoms with van der Waals surface area (Å²) in [5.74, 6) is 1.00. The van der Waals surface area contributed by atoms with Crippen LogP contribution in [0, 0.1) is 0 Å². The molecule has 1 N–H and O–H groups in total. The van der Waals surface area contributed by atoms with Crippen molar-refractivity contribution in [3.63, 3.8) is 0 Å². The molecule has 1 amide bonds. The predicted octanol–water partition coefficient (Wildman–Crippen LogP) is 2.85. The zero-order valence-electron chi connectivity index (χ0n) is 12.1. The Morgan fingerprint density at radius 3 is 3.00 bits per heavy atom. The van der Waals surface area contributed by atoms with Gasteiger partial charge >= 0.3 is 0 Å². The van der Waals surface area contributed by atoms with Crippen molar-refractivity contribution in [3.05, 3.63) is 40.4 Å². The number of carbonyl (C=O) groups is 1. The Morgan fingerprint density at radius 1 is 1.45 bits per heavy atom. The highest BCUT2D eigenvalue weighted by Crippen LogP contribution is 2.43. The van der Waals surface area contributed by atoms with Crippen LogP contribution in [0.25, 0.3) is 0 Å². The van der Waals surface area contributed by atoms with E-state index in [1.165, 1.54) is 0 Å². The first kappa shape index (κ1) is 15.7. The molecule has 2 saturated heterocycles. The lowest BCUT2D eigenvalue weighted by Crippen LogP contribution is -2.51. The Morgan fingerprint density at radius 2 is 2.27 bits per heavy atom. The minimum absolute atomic E-state index is 0.139. The zero-order chi connectivity index (χ0) is 15.7. The van der Waals surface area contributed by atoms with Crippen molar-refractivity contribution in [2.75, 3.05) is 26.2 Å². The van der Waals surface area contributed by atoms with Crippen LogP contribution in [0.3, 0.4) is 0 Å². The number of nitrogens with one attached hydrogen (secondary N) is 1. The Hall–Kier alpha value is -1.23. The minimum atomic E-state index is 0.139. The molecular formula is C16H18Cl2N2O2. The maximum absolute atomic E-state index is 12.0. The highest BCUT2D eigenvalue weighted by atomic mass is 35.5. The first-order valence-corrected chi connectivity index (χ1v) is 8.09. The Labute approximate surface area is 140 Å². The van der Waals surface area contributed by atoms with Gasteiger partial charge in [-0.05, 0) is 18.6 Å². The third kappa shape index (κ3) is 2.83. The maximum Gasteiger partial charge on any atom is 0.236 e. The number of piperazine rings is 1. The van der Waals surface area contributed by atoms with Gasteiger partial charge in [-0.2, -0.15) is 0 Å². The molecule has 1 aromatic rings. The van der Waals surface area contributed by atoms with Crippen LogP contribution in [0.5, 0.6) is 5.75 Å². The zero-order valence-corrected chi connectivity index (χ0v) is 13.7. The van der Waals surface area contributed by atoms with E-state index in [-0.39, 0.29) is 17.9 Å². The van der Waals surface area contributed by atoms with E-state index < -0.39 is 0 Å². The highest BCUT2D eigenvalue weighted by Gasteiger charge is 2.39. The van der Waals surface area contributed by atoms with Crippen LogP contribution < -0.4 is 10.1 Å². The summed E-state index contributed by atoms with van der Waals surface area (Å²) in [5.41, 5.74) is 0.901. The van der Waals surface area contributed by atoms with Gasteiger partial charge in [-0.3, -0.25) is 4.79 Å². The lowest BCUT2D eigenvalue weighted by Gasteiger charge is -2.29. The fourth-order valence-corrected chi connectivity index (χ4v) is 3.75. The van der Waals surface area contributed by atoms with E-state index in [2.05, 4.69) is 11.9 Å². The molecule has 0 unspecified atom stereocenters. The van der Waals surface area contributed by atoms with Gasteiger partial charge in [0.2, 0.25) is 5.91 Å². The van der Waals surface area contributed by atoms with Crippen molar-refractivity contribution in [1.82, 2.24) is 10.2 Å². The molecule has 2 aliphatic rings. The van der Waals surface area contributed by atoms with Crippen LogP contribution in [-0.2, 0) is 4.79 Å². The van der Waals surface area contributed by atoms with Gasteiger partial charge in [-0.25, -0.2) is 0 Å². The van der Waals surface area contributed by atoms with Gasteiger partial charge in [-0.15, -0.1) is 0 Å². The molecule has 2 aliphatic heterocycles. The number of benzene rings is 1. The monoisotopic (exact) mass is 340 g/mol. The number of fused-ring (bicyclic) bond motifs is 1. The number of hydrogen-bond acceptors (Lipinski definition) is 3. The molecule has 0 saturated carbocycles. The number of rotatable bonds is 4. The molecule has 0 spiro atoms. The molecule has 1 aromatic carbocycles. The number of hydrogen-bond donors (Lipinski definition) is 1. The van der Waals surface area contributed by atoms with Crippen molar-refractivity contribution < 1.29 is 9.53 Å². The molecule has 6 heteroatoms. The number of ether oxygens (including phenoxy) is 1. The van der Waals surface area contributed by atoms with Gasteiger partial charge < -0.3 is 15.0 Å². The molecule has 0 bridgehead atoms. The second kappa shape index (κ2) is 6.49. The highest BCUT2D eigenvalue weighted by molar-refractivity contribution is 6.42. The summed E-state index contributed by atoms with van der Waals surface area (Å²) in [6.45, 7) is 5.97. The summed E-state index contributed by atoms with van der Waals surface area (Å²) in [5, 5.41) is 4.19. The molecule has 0 aliphatic carbocycles. The number of carbonyl (C=O) groups excluding carboxylic acids is 1. The van der Waals surface area contributed by atoms with Gasteiger partial charge in [0.25, 0.3) is 0 Å². The smallest absolute Gasteiger partial charge is 0.236 e. The molecule has 4 nitrogen and oxygen atoms in total. The lowest BCUT2D eigenvalue weighted by molar-refractivity contribution is -0.133. The summed E-state index contributed by atoms with van der Waals surface area (Å²) in [6.07, 6.45) is 2.56. The van der Waals surface area contributed by atoms with E-state index in [0.717, 1.165) is 24.3 Å². The van der Waals surface area contributed by atoms with Gasteiger partial charge in [0.15, 0.2) is 0 Å². The summed E-state index contributed by atoms with van der Waals surface area (Å²) >= 11 is 12.6. The normalized spacial score (nSPS) is 24.3. The Bertz CT molecular complexity index is 606. The number of amides is 1. The van der Waals surface area contributed by atoms with E-state index >= 15 is 0 Å². The van der Waals surface area contributed by atoms with E-state index in [9.17, 15) is 4.79 Å². The molecule has 22 heavy (non-hydrogen) atoms. The van der Waals surface area contributed by atoms with Crippen molar-refractivity contribution in [1.29, 1.82) is 0 Å². The average Bonchev–Trinajstić information content (AvgIpc) is 2.93. The largest absolute Gasteiger partial charge is 0.489 e. The van der Waals surface area contributed by atoms with Crippen LogP contribution >= 0.6 is 23.2 Å². The molecule has 0 aromatic heterocycles. The van der Waals surface area contributed by atoms with Crippen molar-refractivity contribution >= 4 is 29.1 Å². The fraction of sp³-hybridized carbons (Fsp3) is 0.438. The molecule has 3 rings (SSSR count). The van der Waals surface area contributed by atoms with Crippen LogP contribution in [0.1, 0.15) is 17.9 Å². The molecule has 2 fully saturated rings. The fourth-order valence-electron chi connectivity index (χ4n) is 3.28. The quantitative estimate of drug-likeness (QED) is 0.857. The van der Waals surface area contributed by atoms with Gasteiger partial charge in [-0.1, -0.05) is 35.9 Å². The van der Waals surface area contributed by atoms with Crippen LogP contribution in [0.15, 0.2) is 24.8 Å². The third-order valence-electron chi connectivity index (χ3n) is 4.25. The standard InChI is InChI=1S/C16H18Cl2N2O2/c1-2-5-22-13-4-3-12(17)16(18)15(13)10-6-11-7-19-8-14(21)20(11)9-10/h2-4,10-11,19H,1,5-9H2/t10-,11-/m0/s1. The molecule has 0 radical (unpaired) electrons. The first-order chi connectivity index (χ1) is 10.6. The predicted molar refractivity (Wildman–Crippen MR) is 87.9 cm³/mol. The second-order valence-electron chi connectivity index (χ2n) is 5.64. The first-order valence-electron chi connectivity index (χ1n) is 7.33. The van der Waals surface area contributed by atoms with Crippen molar-refractivity contribution in [2.24, 2.45) is 0 Å². The number of halogens is 2. The third-order valence-corrected chi connectivity index (χ3v) is 5.07. The second-order valence-corrected chi connectivity index (χ2v) is 6.42. The van der Waals surface area contributed by atoms with Crippen LogP contribution in [-0.4, -0.2) is 43.1 Å². The summed E-state index contributed by atoms with van der Waals surface area (Å²) < 4.78 is 5.73. The van der Waals surface area contributed by atoms with E-state index in [0.29, 0.717) is 29.7 Å². The molecular weight excluding hydrogens is 323 g/mol. The van der Waals surface area contributed by atoms with E-state index in [1.807, 2.05) is 11.0 Å². The average molecular weight is 341 g/mol. The van der Waals surface area contributed by atoms with Crippen LogP contribution in [0.4, 0.5) is 0 Å². The minimum Gasteiger partial charge on any atom is -0.489 e. The van der Waals surface area contributed by atoms with Gasteiger partial charge in [0.05, 0.1) is 16.6 Å². The molecule has 118 valence electrons. The summed E-state index contributed by atoms with van der Waals surface area (Å²) in [7, 11) is 0. The van der Waals surface area contributed by atoms with E-state index in [4.69, 9.17) is 27.9 Å². The van der Waals surface area contributed by atoms with Crippen molar-refractivity contribution in [2.45, 2.75) is 18.4 Å². The van der Waals surface area contributed by atoms with Gasteiger partial charge in [0.1, 0.15) is 12.4 Å². The summed E-state index contributed by atoms with van der Waals surface area (Å²) in [6, 6.07) is 3.79. The Balaban J connectivity index is 1.92. The topological polar surface area (TPSA) is 41.6 Å². The van der Waals surface area contributed by atoms with Gasteiger partial charge in [0, 0.05) is 30.6 Å². The lowest BCUT2D eigenvalue weighted by atomic mass is 9.95. The maximum atomic E-state index is 12.0. The SMILES string of the molecule is C=CCOc1ccc(Cl)c(Cl)c1[C@H]1C[C@H]2CNCC(=O)N2C1. The van der Waals surface area contributed by atoms with Crippen LogP contribution in [0.2, 0.25) is 10.0 Å². The van der Waals surface area contributed by atoms with E-state index in [1.54, 1.807) is 12.1 Å².